The second kappa shape index (κ2) is 6.35. The number of amides is 1. The Hall–Kier alpha value is -2.22. The molecule has 1 fully saturated rings. The van der Waals surface area contributed by atoms with Gasteiger partial charge in [0.25, 0.3) is 5.91 Å². The number of carbonyl (C=O) groups is 1. The maximum absolute atomic E-state index is 12.9. The lowest BCUT2D eigenvalue weighted by molar-refractivity contribution is -0.0258. The van der Waals surface area contributed by atoms with Crippen LogP contribution in [0, 0.1) is 0 Å². The van der Waals surface area contributed by atoms with Crippen molar-refractivity contribution in [3.63, 3.8) is 0 Å². The second-order valence-corrected chi connectivity index (χ2v) is 6.94. The SMILES string of the molecule is CC(C)c1[nH]ncc1C(=O)N1CCCC(O)(Cc2nncn2C)C1. The lowest BCUT2D eigenvalue weighted by Crippen LogP contribution is -2.51. The molecule has 0 aliphatic carbocycles. The van der Waals surface area contributed by atoms with E-state index in [2.05, 4.69) is 20.4 Å². The van der Waals surface area contributed by atoms with Crippen LogP contribution in [0.1, 0.15) is 54.5 Å². The van der Waals surface area contributed by atoms with E-state index >= 15 is 0 Å². The van der Waals surface area contributed by atoms with Gasteiger partial charge in [-0.3, -0.25) is 9.89 Å². The number of H-pyrrole nitrogens is 1. The van der Waals surface area contributed by atoms with Crippen LogP contribution >= 0.6 is 0 Å². The van der Waals surface area contributed by atoms with E-state index in [0.717, 1.165) is 17.9 Å². The molecular formula is C16H24N6O2. The van der Waals surface area contributed by atoms with Crippen molar-refractivity contribution in [3.05, 3.63) is 29.6 Å². The molecule has 1 amide bonds. The molecule has 3 rings (SSSR count). The fourth-order valence-corrected chi connectivity index (χ4v) is 3.27. The molecule has 130 valence electrons. The molecule has 8 nitrogen and oxygen atoms in total. The third kappa shape index (κ3) is 3.19. The Morgan fingerprint density at radius 1 is 1.50 bits per heavy atom. The van der Waals surface area contributed by atoms with E-state index in [1.54, 1.807) is 22.0 Å². The highest BCUT2D eigenvalue weighted by Crippen LogP contribution is 2.27. The molecule has 1 unspecified atom stereocenters. The Bertz CT molecular complexity index is 722. The summed E-state index contributed by atoms with van der Waals surface area (Å²) in [7, 11) is 1.85. The smallest absolute Gasteiger partial charge is 0.257 e. The molecular weight excluding hydrogens is 308 g/mol. The highest BCUT2D eigenvalue weighted by molar-refractivity contribution is 5.95. The summed E-state index contributed by atoms with van der Waals surface area (Å²) in [5.74, 6) is 0.829. The molecule has 0 saturated carbocycles. The third-order valence-electron chi connectivity index (χ3n) is 4.61. The first-order chi connectivity index (χ1) is 11.4. The molecule has 0 radical (unpaired) electrons. The average Bonchev–Trinajstić information content (AvgIpc) is 3.16. The number of rotatable bonds is 4. The minimum atomic E-state index is -0.976. The van der Waals surface area contributed by atoms with Gasteiger partial charge < -0.3 is 14.6 Å². The van der Waals surface area contributed by atoms with Crippen LogP contribution in [0.15, 0.2) is 12.5 Å². The normalized spacial score (nSPS) is 21.5. The van der Waals surface area contributed by atoms with Crippen LogP contribution in [0.25, 0.3) is 0 Å². The van der Waals surface area contributed by atoms with E-state index in [1.807, 2.05) is 20.9 Å². The Morgan fingerprint density at radius 2 is 2.29 bits per heavy atom. The topological polar surface area (TPSA) is 99.9 Å². The van der Waals surface area contributed by atoms with Gasteiger partial charge in [-0.1, -0.05) is 13.8 Å². The summed E-state index contributed by atoms with van der Waals surface area (Å²) in [5, 5.41) is 25.8. The molecule has 1 aliphatic heterocycles. The molecule has 24 heavy (non-hydrogen) atoms. The number of nitrogens with one attached hydrogen (secondary N) is 1. The minimum absolute atomic E-state index is 0.0801. The van der Waals surface area contributed by atoms with Gasteiger partial charge in [-0.15, -0.1) is 10.2 Å². The van der Waals surface area contributed by atoms with E-state index in [9.17, 15) is 9.90 Å². The second-order valence-electron chi connectivity index (χ2n) is 6.94. The fraction of sp³-hybridized carbons (Fsp3) is 0.625. The van der Waals surface area contributed by atoms with Crippen LogP contribution in [-0.4, -0.2) is 59.6 Å². The van der Waals surface area contributed by atoms with Gasteiger partial charge in [0, 0.05) is 20.0 Å². The summed E-state index contributed by atoms with van der Waals surface area (Å²) in [6.07, 6.45) is 4.98. The molecule has 2 N–H and O–H groups in total. The van der Waals surface area contributed by atoms with Gasteiger partial charge in [0.2, 0.25) is 0 Å². The molecule has 8 heteroatoms. The monoisotopic (exact) mass is 332 g/mol. The van der Waals surface area contributed by atoms with Crippen LogP contribution in [-0.2, 0) is 13.5 Å². The van der Waals surface area contributed by atoms with Crippen molar-refractivity contribution >= 4 is 5.91 Å². The van der Waals surface area contributed by atoms with Crippen molar-refractivity contribution in [3.8, 4) is 0 Å². The van der Waals surface area contributed by atoms with Crippen LogP contribution in [0.5, 0.6) is 0 Å². The number of piperidine rings is 1. The first kappa shape index (κ1) is 16.6. The molecule has 3 heterocycles. The molecule has 1 atom stereocenters. The van der Waals surface area contributed by atoms with Gasteiger partial charge in [0.15, 0.2) is 0 Å². The van der Waals surface area contributed by atoms with Crippen LogP contribution in [0.4, 0.5) is 0 Å². The first-order valence-electron chi connectivity index (χ1n) is 8.27. The van der Waals surface area contributed by atoms with Gasteiger partial charge >= 0.3 is 0 Å². The lowest BCUT2D eigenvalue weighted by Gasteiger charge is -2.39. The molecule has 0 spiro atoms. The van der Waals surface area contributed by atoms with E-state index in [-0.39, 0.29) is 11.8 Å². The Morgan fingerprint density at radius 3 is 2.96 bits per heavy atom. The van der Waals surface area contributed by atoms with Gasteiger partial charge in [-0.25, -0.2) is 0 Å². The summed E-state index contributed by atoms with van der Waals surface area (Å²) in [6, 6.07) is 0. The maximum atomic E-state index is 12.9. The molecule has 0 aromatic carbocycles. The number of hydrogen-bond donors (Lipinski definition) is 2. The zero-order chi connectivity index (χ0) is 17.3. The highest BCUT2D eigenvalue weighted by atomic mass is 16.3. The van der Waals surface area contributed by atoms with Crippen molar-refractivity contribution in [1.82, 2.24) is 29.9 Å². The quantitative estimate of drug-likeness (QED) is 0.865. The minimum Gasteiger partial charge on any atom is -0.388 e. The number of hydrogen-bond acceptors (Lipinski definition) is 5. The zero-order valence-corrected chi connectivity index (χ0v) is 14.4. The molecule has 1 aliphatic rings. The first-order valence-corrected chi connectivity index (χ1v) is 8.27. The van der Waals surface area contributed by atoms with E-state index in [0.29, 0.717) is 31.5 Å². The van der Waals surface area contributed by atoms with E-state index in [4.69, 9.17) is 0 Å². The molecule has 2 aromatic rings. The van der Waals surface area contributed by atoms with Crippen LogP contribution < -0.4 is 0 Å². The lowest BCUT2D eigenvalue weighted by atomic mass is 9.88. The number of aryl methyl sites for hydroxylation is 1. The Kier molecular flexibility index (Phi) is 4.40. The number of aromatic amines is 1. The number of aliphatic hydroxyl groups is 1. The average molecular weight is 332 g/mol. The van der Waals surface area contributed by atoms with Crippen molar-refractivity contribution < 1.29 is 9.90 Å². The van der Waals surface area contributed by atoms with Gasteiger partial charge in [-0.05, 0) is 18.8 Å². The van der Waals surface area contributed by atoms with Crippen LogP contribution in [0.3, 0.4) is 0 Å². The van der Waals surface area contributed by atoms with Crippen molar-refractivity contribution in [2.24, 2.45) is 7.05 Å². The summed E-state index contributed by atoms with van der Waals surface area (Å²) in [4.78, 5) is 14.6. The number of carbonyl (C=O) groups excluding carboxylic acids is 1. The van der Waals surface area contributed by atoms with Gasteiger partial charge in [-0.2, -0.15) is 5.10 Å². The fourth-order valence-electron chi connectivity index (χ4n) is 3.27. The largest absolute Gasteiger partial charge is 0.388 e. The van der Waals surface area contributed by atoms with Crippen molar-refractivity contribution in [1.29, 1.82) is 0 Å². The predicted octanol–water partition coefficient (Wildman–Crippen LogP) is 0.871. The molecule has 2 aromatic heterocycles. The summed E-state index contributed by atoms with van der Waals surface area (Å²) < 4.78 is 1.80. The summed E-state index contributed by atoms with van der Waals surface area (Å²) in [5.41, 5.74) is 0.450. The summed E-state index contributed by atoms with van der Waals surface area (Å²) >= 11 is 0. The third-order valence-corrected chi connectivity index (χ3v) is 4.61. The molecule has 0 bridgehead atoms. The van der Waals surface area contributed by atoms with E-state index < -0.39 is 5.60 Å². The van der Waals surface area contributed by atoms with E-state index in [1.165, 1.54) is 0 Å². The number of β-amino-alcohol motifs (C(OH)–C–C–N with tert-alkyl or cyclic N) is 1. The van der Waals surface area contributed by atoms with Crippen LogP contribution in [0.2, 0.25) is 0 Å². The number of aromatic nitrogens is 5. The van der Waals surface area contributed by atoms with Gasteiger partial charge in [0.1, 0.15) is 12.2 Å². The Balaban J connectivity index is 1.76. The van der Waals surface area contributed by atoms with Crippen molar-refractivity contribution in [2.75, 3.05) is 13.1 Å². The zero-order valence-electron chi connectivity index (χ0n) is 14.4. The van der Waals surface area contributed by atoms with Gasteiger partial charge in [0.05, 0.1) is 29.6 Å². The Labute approximate surface area is 140 Å². The highest BCUT2D eigenvalue weighted by Gasteiger charge is 2.37. The predicted molar refractivity (Wildman–Crippen MR) is 87.5 cm³/mol. The van der Waals surface area contributed by atoms with Crippen molar-refractivity contribution in [2.45, 2.75) is 44.6 Å². The summed E-state index contributed by atoms with van der Waals surface area (Å²) in [6.45, 7) is 4.97. The standard InChI is InChI=1S/C16H24N6O2/c1-11(2)14-12(8-17-20-14)15(23)22-6-4-5-16(24,9-22)7-13-19-18-10-21(13)3/h8,10-11,24H,4-7,9H2,1-3H3,(H,17,20). The molecule has 1 saturated heterocycles. The number of nitrogens with zero attached hydrogens (tertiary/aromatic N) is 5. The maximum Gasteiger partial charge on any atom is 0.257 e. The number of likely N-dealkylation sites (tertiary alicyclic amines) is 1.